The van der Waals surface area contributed by atoms with Gasteiger partial charge in [0, 0.05) is 28.8 Å². The summed E-state index contributed by atoms with van der Waals surface area (Å²) in [7, 11) is 0. The van der Waals surface area contributed by atoms with Crippen LogP contribution in [0.1, 0.15) is 21.5 Å². The number of carbonyl (C=O) groups is 1. The molecule has 0 unspecified atom stereocenters. The number of oxazole rings is 1. The van der Waals surface area contributed by atoms with Crippen LogP contribution in [-0.2, 0) is 0 Å². The van der Waals surface area contributed by atoms with E-state index in [1.807, 2.05) is 24.3 Å². The average Bonchev–Trinajstić information content (AvgIpc) is 3.22. The van der Waals surface area contributed by atoms with Crippen LogP contribution in [0.15, 0.2) is 70.6 Å². The van der Waals surface area contributed by atoms with Gasteiger partial charge in [0.05, 0.1) is 18.5 Å². The van der Waals surface area contributed by atoms with Crippen LogP contribution in [-0.4, -0.2) is 34.9 Å². The molecule has 0 aliphatic rings. The molecule has 0 spiro atoms. The summed E-state index contributed by atoms with van der Waals surface area (Å²) in [4.78, 5) is 15.8. The summed E-state index contributed by atoms with van der Waals surface area (Å²) in [5.74, 6) is 6.02. The number of benzene rings is 2. The molecule has 132 valence electrons. The van der Waals surface area contributed by atoms with Gasteiger partial charge >= 0.3 is 0 Å². The van der Waals surface area contributed by atoms with E-state index in [0.717, 1.165) is 16.7 Å². The van der Waals surface area contributed by atoms with Crippen LogP contribution in [0.25, 0.3) is 11.3 Å². The molecule has 0 saturated carbocycles. The van der Waals surface area contributed by atoms with E-state index in [1.165, 1.54) is 6.39 Å². The van der Waals surface area contributed by atoms with Crippen LogP contribution in [0.4, 0.5) is 0 Å². The zero-order chi connectivity index (χ0) is 18.4. The fourth-order valence-electron chi connectivity index (χ4n) is 2.52. The van der Waals surface area contributed by atoms with Crippen LogP contribution in [0.3, 0.4) is 0 Å². The van der Waals surface area contributed by atoms with Gasteiger partial charge in [0.2, 0.25) is 0 Å². The summed E-state index contributed by atoms with van der Waals surface area (Å²) in [6.45, 7) is 0.117. The largest absolute Gasteiger partial charge is 0.444 e. The number of hydrogen-bond acceptors (Lipinski definition) is 6. The van der Waals surface area contributed by atoms with E-state index in [1.54, 1.807) is 30.5 Å². The highest BCUT2D eigenvalue weighted by Gasteiger charge is 2.10. The third-order valence-corrected chi connectivity index (χ3v) is 3.82. The number of nitrogens with one attached hydrogen (secondary N) is 1. The Labute approximate surface area is 150 Å². The second kappa shape index (κ2) is 8.09. The zero-order valence-electron chi connectivity index (χ0n) is 13.9. The van der Waals surface area contributed by atoms with Gasteiger partial charge in [0.1, 0.15) is 0 Å². The predicted molar refractivity (Wildman–Crippen MR) is 97.6 cm³/mol. The van der Waals surface area contributed by atoms with Crippen molar-refractivity contribution in [1.29, 1.82) is 0 Å². The van der Waals surface area contributed by atoms with Crippen LogP contribution in [0.2, 0.25) is 0 Å². The quantitative estimate of drug-likeness (QED) is 0.356. The second-order valence-corrected chi connectivity index (χ2v) is 5.48. The van der Waals surface area contributed by atoms with E-state index in [-0.39, 0.29) is 19.1 Å². The Bertz CT molecular complexity index is 886. The molecule has 0 aliphatic carbocycles. The van der Waals surface area contributed by atoms with E-state index in [2.05, 4.69) is 15.4 Å². The minimum atomic E-state index is -0.242. The second-order valence-electron chi connectivity index (χ2n) is 5.48. The molecule has 0 aliphatic heterocycles. The number of rotatable bonds is 6. The van der Waals surface area contributed by atoms with Crippen molar-refractivity contribution in [3.05, 3.63) is 77.8 Å². The van der Waals surface area contributed by atoms with Crippen molar-refractivity contribution < 1.29 is 14.3 Å². The van der Waals surface area contributed by atoms with Crippen molar-refractivity contribution in [3.8, 4) is 11.3 Å². The number of hydrazone groups is 1. The molecule has 0 saturated heterocycles. The van der Waals surface area contributed by atoms with Crippen LogP contribution in [0.5, 0.6) is 0 Å². The fraction of sp³-hybridized carbons (Fsp3) is 0.105. The van der Waals surface area contributed by atoms with Gasteiger partial charge in [-0.1, -0.05) is 36.4 Å². The number of nitrogens with two attached hydrogens (primary N) is 1. The molecule has 0 fully saturated rings. The molecule has 4 N–H and O–H groups in total. The standard InChI is InChI=1S/C19H18N4O3/c20-23-18(14-3-1-13(2-4-14)17-11-21-12-26-17)15-5-7-16(8-6-15)19(25)22-9-10-24/h1-8,11-12,24H,9-10,20H2,(H,22,25)/b23-18-. The maximum Gasteiger partial charge on any atom is 0.251 e. The molecule has 2 aromatic carbocycles. The lowest BCUT2D eigenvalue weighted by Gasteiger charge is -2.08. The van der Waals surface area contributed by atoms with E-state index in [4.69, 9.17) is 15.4 Å². The highest BCUT2D eigenvalue weighted by molar-refractivity contribution is 6.13. The molecular weight excluding hydrogens is 332 g/mol. The van der Waals surface area contributed by atoms with Crippen molar-refractivity contribution in [3.63, 3.8) is 0 Å². The lowest BCUT2D eigenvalue weighted by atomic mass is 9.99. The molecule has 0 radical (unpaired) electrons. The van der Waals surface area contributed by atoms with Crippen LogP contribution < -0.4 is 11.2 Å². The average molecular weight is 350 g/mol. The Morgan fingerprint density at radius 1 is 1.08 bits per heavy atom. The summed E-state index contributed by atoms with van der Waals surface area (Å²) in [5.41, 5.74) is 3.64. The molecule has 3 rings (SSSR count). The first-order chi connectivity index (χ1) is 12.7. The van der Waals surface area contributed by atoms with Crippen molar-refractivity contribution in [2.24, 2.45) is 10.9 Å². The van der Waals surface area contributed by atoms with E-state index in [9.17, 15) is 4.79 Å². The van der Waals surface area contributed by atoms with Gasteiger partial charge in [-0.05, 0) is 12.1 Å². The summed E-state index contributed by atoms with van der Waals surface area (Å²) >= 11 is 0. The molecule has 0 bridgehead atoms. The van der Waals surface area contributed by atoms with Gasteiger partial charge in [0.15, 0.2) is 12.2 Å². The summed E-state index contributed by atoms with van der Waals surface area (Å²) < 4.78 is 5.27. The number of hydrogen-bond donors (Lipinski definition) is 3. The Balaban J connectivity index is 1.79. The Morgan fingerprint density at radius 2 is 1.69 bits per heavy atom. The molecule has 26 heavy (non-hydrogen) atoms. The minimum absolute atomic E-state index is 0.0993. The molecule has 7 heteroatoms. The van der Waals surface area contributed by atoms with Crippen LogP contribution >= 0.6 is 0 Å². The third kappa shape index (κ3) is 3.79. The van der Waals surface area contributed by atoms with Gasteiger partial charge < -0.3 is 20.7 Å². The minimum Gasteiger partial charge on any atom is -0.444 e. The SMILES string of the molecule is N/N=C(\c1ccc(C(=O)NCCO)cc1)c1ccc(-c2cnco2)cc1. The predicted octanol–water partition coefficient (Wildman–Crippen LogP) is 1.77. The highest BCUT2D eigenvalue weighted by Crippen LogP contribution is 2.20. The molecule has 1 heterocycles. The molecule has 1 amide bonds. The number of nitrogens with zero attached hydrogens (tertiary/aromatic N) is 2. The third-order valence-electron chi connectivity index (χ3n) is 3.82. The van der Waals surface area contributed by atoms with E-state index in [0.29, 0.717) is 17.0 Å². The summed E-state index contributed by atoms with van der Waals surface area (Å²) in [6.07, 6.45) is 3.03. The Kier molecular flexibility index (Phi) is 5.40. The summed E-state index contributed by atoms with van der Waals surface area (Å²) in [5, 5.41) is 15.3. The normalized spacial score (nSPS) is 11.3. The zero-order valence-corrected chi connectivity index (χ0v) is 13.9. The molecule has 0 atom stereocenters. The monoisotopic (exact) mass is 350 g/mol. The number of aromatic nitrogens is 1. The maximum absolute atomic E-state index is 11.9. The Morgan fingerprint density at radius 3 is 2.23 bits per heavy atom. The number of amides is 1. The number of carbonyl (C=O) groups excluding carboxylic acids is 1. The lowest BCUT2D eigenvalue weighted by Crippen LogP contribution is -2.26. The molecule has 3 aromatic rings. The Hall–Kier alpha value is -3.45. The first-order valence-corrected chi connectivity index (χ1v) is 7.99. The summed E-state index contributed by atoms with van der Waals surface area (Å²) in [6, 6.07) is 14.5. The van der Waals surface area contributed by atoms with Gasteiger partial charge in [-0.3, -0.25) is 4.79 Å². The van der Waals surface area contributed by atoms with Crippen molar-refractivity contribution in [1.82, 2.24) is 10.3 Å². The van der Waals surface area contributed by atoms with Gasteiger partial charge in [-0.25, -0.2) is 4.98 Å². The topological polar surface area (TPSA) is 114 Å². The van der Waals surface area contributed by atoms with Crippen molar-refractivity contribution in [2.45, 2.75) is 0 Å². The first-order valence-electron chi connectivity index (χ1n) is 7.99. The maximum atomic E-state index is 11.9. The van der Waals surface area contributed by atoms with Crippen molar-refractivity contribution >= 4 is 11.6 Å². The van der Waals surface area contributed by atoms with E-state index >= 15 is 0 Å². The fourth-order valence-corrected chi connectivity index (χ4v) is 2.52. The highest BCUT2D eigenvalue weighted by atomic mass is 16.3. The number of aliphatic hydroxyl groups is 1. The first kappa shape index (κ1) is 17.4. The molecule has 7 nitrogen and oxygen atoms in total. The smallest absolute Gasteiger partial charge is 0.251 e. The van der Waals surface area contributed by atoms with Gasteiger partial charge in [-0.15, -0.1) is 0 Å². The van der Waals surface area contributed by atoms with Gasteiger partial charge in [0.25, 0.3) is 5.91 Å². The lowest BCUT2D eigenvalue weighted by molar-refractivity contribution is 0.0945. The van der Waals surface area contributed by atoms with Gasteiger partial charge in [-0.2, -0.15) is 5.10 Å². The number of aliphatic hydroxyl groups excluding tert-OH is 1. The van der Waals surface area contributed by atoms with Crippen LogP contribution in [0, 0.1) is 0 Å². The molecule has 1 aromatic heterocycles. The van der Waals surface area contributed by atoms with E-state index < -0.39 is 0 Å². The van der Waals surface area contributed by atoms with Crippen molar-refractivity contribution in [2.75, 3.05) is 13.2 Å². The molecular formula is C19H18N4O3.